The first-order valence-electron chi connectivity index (χ1n) is 6.30. The van der Waals surface area contributed by atoms with Crippen molar-refractivity contribution in [2.75, 3.05) is 20.2 Å². The molecule has 0 bridgehead atoms. The van der Waals surface area contributed by atoms with Crippen LogP contribution in [0.2, 0.25) is 0 Å². The number of esters is 1. The van der Waals surface area contributed by atoms with Crippen molar-refractivity contribution in [1.29, 1.82) is 0 Å². The summed E-state index contributed by atoms with van der Waals surface area (Å²) in [6.45, 7) is 4.80. The van der Waals surface area contributed by atoms with Crippen LogP contribution in [0.1, 0.15) is 23.5 Å². The molecule has 1 aromatic rings. The third kappa shape index (κ3) is 2.60. The maximum absolute atomic E-state index is 12.7. The average molecular weight is 318 g/mol. The number of hydrogen-bond acceptors (Lipinski definition) is 6. The standard InChI is InChI=1S/C12H18N2O4S2/c1-8-9(2)14(6-5-13-8)20(16,17)10-4-7-19-11(10)12(15)18-3/h4,7-9,13H,5-6H2,1-3H3. The zero-order valence-corrected chi connectivity index (χ0v) is 13.3. The molecule has 2 rings (SSSR count). The summed E-state index contributed by atoms with van der Waals surface area (Å²) in [7, 11) is -2.44. The third-order valence-electron chi connectivity index (χ3n) is 3.56. The summed E-state index contributed by atoms with van der Waals surface area (Å²) in [5.41, 5.74) is 0. The van der Waals surface area contributed by atoms with Gasteiger partial charge in [-0.15, -0.1) is 11.3 Å². The summed E-state index contributed by atoms with van der Waals surface area (Å²) in [4.78, 5) is 11.8. The van der Waals surface area contributed by atoms with Crippen LogP contribution in [0.15, 0.2) is 16.3 Å². The van der Waals surface area contributed by atoms with Crippen LogP contribution < -0.4 is 5.32 Å². The number of ether oxygens (including phenoxy) is 1. The minimum atomic E-state index is -3.68. The molecule has 112 valence electrons. The Hall–Kier alpha value is -0.960. The Morgan fingerprint density at radius 3 is 2.85 bits per heavy atom. The lowest BCUT2D eigenvalue weighted by Crippen LogP contribution is -2.57. The molecule has 0 aliphatic carbocycles. The van der Waals surface area contributed by atoms with E-state index in [1.165, 1.54) is 17.5 Å². The number of hydrogen-bond donors (Lipinski definition) is 1. The highest BCUT2D eigenvalue weighted by atomic mass is 32.2. The van der Waals surface area contributed by atoms with Crippen LogP contribution in [0.4, 0.5) is 0 Å². The Balaban J connectivity index is 2.40. The van der Waals surface area contributed by atoms with Crippen molar-refractivity contribution in [3.8, 4) is 0 Å². The molecule has 0 radical (unpaired) electrons. The van der Waals surface area contributed by atoms with Crippen LogP contribution in [-0.2, 0) is 14.8 Å². The van der Waals surface area contributed by atoms with Gasteiger partial charge in [0.1, 0.15) is 9.77 Å². The SMILES string of the molecule is COC(=O)c1sccc1S(=O)(=O)N1CCNC(C)C1C. The van der Waals surface area contributed by atoms with Crippen molar-refractivity contribution in [2.45, 2.75) is 30.8 Å². The van der Waals surface area contributed by atoms with Crippen molar-refractivity contribution in [3.63, 3.8) is 0 Å². The first-order valence-corrected chi connectivity index (χ1v) is 8.62. The summed E-state index contributed by atoms with van der Waals surface area (Å²) in [6.07, 6.45) is 0. The van der Waals surface area contributed by atoms with Crippen LogP contribution in [0.3, 0.4) is 0 Å². The van der Waals surface area contributed by atoms with Gasteiger partial charge in [0, 0.05) is 25.2 Å². The van der Waals surface area contributed by atoms with Gasteiger partial charge in [0.2, 0.25) is 10.0 Å². The minimum absolute atomic E-state index is 0.0373. The van der Waals surface area contributed by atoms with Gasteiger partial charge in [-0.05, 0) is 25.3 Å². The molecular weight excluding hydrogens is 300 g/mol. The molecule has 0 spiro atoms. The highest BCUT2D eigenvalue weighted by Crippen LogP contribution is 2.28. The number of piperazine rings is 1. The van der Waals surface area contributed by atoms with Gasteiger partial charge in [0.05, 0.1) is 7.11 Å². The number of carbonyl (C=O) groups is 1. The van der Waals surface area contributed by atoms with Gasteiger partial charge in [-0.1, -0.05) is 0 Å². The summed E-state index contributed by atoms with van der Waals surface area (Å²) in [6, 6.07) is 1.36. The molecule has 0 amide bonds. The second-order valence-electron chi connectivity index (χ2n) is 4.70. The van der Waals surface area contributed by atoms with Gasteiger partial charge < -0.3 is 10.1 Å². The number of thiophene rings is 1. The van der Waals surface area contributed by atoms with E-state index in [-0.39, 0.29) is 21.9 Å². The molecule has 1 aliphatic rings. The summed E-state index contributed by atoms with van der Waals surface area (Å²) in [5.74, 6) is -0.616. The number of sulfonamides is 1. The first kappa shape index (κ1) is 15.4. The lowest BCUT2D eigenvalue weighted by atomic mass is 10.1. The third-order valence-corrected chi connectivity index (χ3v) is 6.62. The van der Waals surface area contributed by atoms with Crippen LogP contribution in [-0.4, -0.2) is 51.0 Å². The molecule has 1 fully saturated rings. The van der Waals surface area contributed by atoms with Gasteiger partial charge in [-0.2, -0.15) is 4.31 Å². The van der Waals surface area contributed by atoms with Crippen molar-refractivity contribution >= 4 is 27.3 Å². The zero-order valence-electron chi connectivity index (χ0n) is 11.6. The fourth-order valence-electron chi connectivity index (χ4n) is 2.23. The zero-order chi connectivity index (χ0) is 14.9. The Kier molecular flexibility index (Phi) is 4.48. The highest BCUT2D eigenvalue weighted by molar-refractivity contribution is 7.89. The number of nitrogens with zero attached hydrogens (tertiary/aromatic N) is 1. The van der Waals surface area contributed by atoms with E-state index in [2.05, 4.69) is 10.1 Å². The van der Waals surface area contributed by atoms with E-state index in [4.69, 9.17) is 0 Å². The van der Waals surface area contributed by atoms with E-state index in [1.807, 2.05) is 13.8 Å². The van der Waals surface area contributed by atoms with E-state index in [9.17, 15) is 13.2 Å². The Morgan fingerprint density at radius 2 is 2.20 bits per heavy atom. The fraction of sp³-hybridized carbons (Fsp3) is 0.583. The van der Waals surface area contributed by atoms with Crippen LogP contribution in [0, 0.1) is 0 Å². The molecule has 1 aliphatic heterocycles. The van der Waals surface area contributed by atoms with E-state index >= 15 is 0 Å². The molecule has 6 nitrogen and oxygen atoms in total. The summed E-state index contributed by atoms with van der Waals surface area (Å²) >= 11 is 1.08. The van der Waals surface area contributed by atoms with Crippen molar-refractivity contribution in [1.82, 2.24) is 9.62 Å². The lowest BCUT2D eigenvalue weighted by molar-refractivity contribution is 0.0602. The van der Waals surface area contributed by atoms with Crippen LogP contribution in [0.25, 0.3) is 0 Å². The van der Waals surface area contributed by atoms with Crippen molar-refractivity contribution < 1.29 is 17.9 Å². The molecule has 8 heteroatoms. The van der Waals surface area contributed by atoms with E-state index in [0.29, 0.717) is 13.1 Å². The van der Waals surface area contributed by atoms with Crippen molar-refractivity contribution in [2.24, 2.45) is 0 Å². The van der Waals surface area contributed by atoms with Gasteiger partial charge in [0.25, 0.3) is 0 Å². The molecule has 1 N–H and O–H groups in total. The van der Waals surface area contributed by atoms with Gasteiger partial charge in [-0.3, -0.25) is 0 Å². The number of carbonyl (C=O) groups excluding carboxylic acids is 1. The minimum Gasteiger partial charge on any atom is -0.465 e. The Labute approximate surface area is 122 Å². The van der Waals surface area contributed by atoms with E-state index in [1.54, 1.807) is 5.38 Å². The van der Waals surface area contributed by atoms with Crippen LogP contribution >= 0.6 is 11.3 Å². The van der Waals surface area contributed by atoms with E-state index < -0.39 is 16.0 Å². The highest BCUT2D eigenvalue weighted by Gasteiger charge is 2.37. The maximum atomic E-state index is 12.7. The van der Waals surface area contributed by atoms with Crippen LogP contribution in [0.5, 0.6) is 0 Å². The number of methoxy groups -OCH3 is 1. The normalized spacial score (nSPS) is 24.6. The topological polar surface area (TPSA) is 75.7 Å². The molecular formula is C12H18N2O4S2. The average Bonchev–Trinajstić information content (AvgIpc) is 2.90. The molecule has 0 aromatic carbocycles. The fourth-order valence-corrected chi connectivity index (χ4v) is 5.25. The van der Waals surface area contributed by atoms with Gasteiger partial charge in [-0.25, -0.2) is 13.2 Å². The molecule has 2 heterocycles. The Morgan fingerprint density at radius 1 is 1.50 bits per heavy atom. The molecule has 1 aromatic heterocycles. The molecule has 0 saturated carbocycles. The predicted molar refractivity (Wildman–Crippen MR) is 76.5 cm³/mol. The molecule has 20 heavy (non-hydrogen) atoms. The second-order valence-corrected chi connectivity index (χ2v) is 7.48. The largest absolute Gasteiger partial charge is 0.465 e. The Bertz CT molecular complexity index is 596. The second kappa shape index (κ2) is 5.80. The van der Waals surface area contributed by atoms with E-state index in [0.717, 1.165) is 11.3 Å². The lowest BCUT2D eigenvalue weighted by Gasteiger charge is -2.37. The van der Waals surface area contributed by atoms with Crippen molar-refractivity contribution in [3.05, 3.63) is 16.3 Å². The maximum Gasteiger partial charge on any atom is 0.349 e. The monoisotopic (exact) mass is 318 g/mol. The first-order chi connectivity index (χ1) is 9.39. The summed E-state index contributed by atoms with van der Waals surface area (Å²) < 4.78 is 31.6. The van der Waals surface area contributed by atoms with Gasteiger partial charge >= 0.3 is 5.97 Å². The summed E-state index contributed by atoms with van der Waals surface area (Å²) in [5, 5.41) is 4.83. The molecule has 2 atom stereocenters. The number of nitrogens with one attached hydrogen (secondary N) is 1. The quantitative estimate of drug-likeness (QED) is 0.838. The van der Waals surface area contributed by atoms with Gasteiger partial charge in [0.15, 0.2) is 0 Å². The predicted octanol–water partition coefficient (Wildman–Crippen LogP) is 0.906. The molecule has 2 unspecified atom stereocenters. The number of rotatable bonds is 3. The smallest absolute Gasteiger partial charge is 0.349 e. The molecule has 1 saturated heterocycles.